The molecule has 1 aliphatic heterocycles. The Bertz CT molecular complexity index is 1260. The Morgan fingerprint density at radius 1 is 1.30 bits per heavy atom. The SMILES string of the molecule is COc1ccc2ncc(Cl)c([C@H](O)CCC3CCN(CCSc4cc(F)ccc4F)C[C@H]3C(=O)O)c2c1. The van der Waals surface area contributed by atoms with Crippen molar-refractivity contribution in [3.05, 3.63) is 64.8 Å². The molecule has 4 rings (SSSR count). The number of aliphatic carboxylic acids is 1. The van der Waals surface area contributed by atoms with Crippen LogP contribution in [0.4, 0.5) is 8.78 Å². The number of carbonyl (C=O) groups is 1. The zero-order valence-electron chi connectivity index (χ0n) is 20.4. The highest BCUT2D eigenvalue weighted by molar-refractivity contribution is 7.99. The molecule has 0 spiro atoms. The van der Waals surface area contributed by atoms with Crippen molar-refractivity contribution in [2.75, 3.05) is 32.5 Å². The number of carboxylic acids is 1. The van der Waals surface area contributed by atoms with Gasteiger partial charge >= 0.3 is 5.97 Å². The summed E-state index contributed by atoms with van der Waals surface area (Å²) in [5, 5.41) is 22.0. The molecule has 0 saturated carbocycles. The van der Waals surface area contributed by atoms with E-state index in [4.69, 9.17) is 16.3 Å². The van der Waals surface area contributed by atoms with Crippen molar-refractivity contribution in [1.29, 1.82) is 0 Å². The van der Waals surface area contributed by atoms with Crippen molar-refractivity contribution in [2.24, 2.45) is 11.8 Å². The number of likely N-dealkylation sites (tertiary alicyclic amines) is 1. The van der Waals surface area contributed by atoms with Gasteiger partial charge in [0, 0.05) is 40.9 Å². The van der Waals surface area contributed by atoms with E-state index in [1.54, 1.807) is 25.3 Å². The fourth-order valence-electron chi connectivity index (χ4n) is 4.92. The third-order valence-corrected chi connectivity index (χ3v) is 8.24. The standard InChI is InChI=1S/C27H29ClF2N2O4S/c1-36-18-4-6-23-19(13-18)26(21(28)14-31-23)24(33)7-2-16-8-9-32(15-20(16)27(34)35)10-11-37-25-12-17(29)3-5-22(25)30/h3-6,12-14,16,20,24,33H,2,7-11,15H2,1H3,(H,34,35)/t16?,20-,24-/m1/s1. The van der Waals surface area contributed by atoms with Crippen molar-refractivity contribution < 1.29 is 28.5 Å². The van der Waals surface area contributed by atoms with Crippen LogP contribution < -0.4 is 4.74 Å². The molecule has 3 aromatic rings. The molecule has 10 heteroatoms. The number of hydrogen-bond acceptors (Lipinski definition) is 6. The summed E-state index contributed by atoms with van der Waals surface area (Å²) in [5.41, 5.74) is 1.25. The Balaban J connectivity index is 1.36. The van der Waals surface area contributed by atoms with Gasteiger partial charge in [-0.25, -0.2) is 8.78 Å². The number of aliphatic hydroxyl groups is 1. The van der Waals surface area contributed by atoms with Crippen molar-refractivity contribution in [3.63, 3.8) is 0 Å². The molecular weight excluding hydrogens is 522 g/mol. The largest absolute Gasteiger partial charge is 0.497 e. The summed E-state index contributed by atoms with van der Waals surface area (Å²) in [5.74, 6) is -1.36. The molecule has 1 fully saturated rings. The molecule has 3 atom stereocenters. The molecule has 2 heterocycles. The minimum atomic E-state index is -0.879. The third kappa shape index (κ3) is 6.71. The van der Waals surface area contributed by atoms with Gasteiger partial charge in [0.05, 0.1) is 29.7 Å². The maximum Gasteiger partial charge on any atom is 0.308 e. The van der Waals surface area contributed by atoms with Gasteiger partial charge in [-0.15, -0.1) is 11.8 Å². The highest BCUT2D eigenvalue weighted by Gasteiger charge is 2.34. The van der Waals surface area contributed by atoms with Crippen LogP contribution in [0.3, 0.4) is 0 Å². The first-order chi connectivity index (χ1) is 17.8. The smallest absolute Gasteiger partial charge is 0.308 e. The minimum absolute atomic E-state index is 0.0990. The summed E-state index contributed by atoms with van der Waals surface area (Å²) < 4.78 is 32.6. The van der Waals surface area contributed by atoms with Gasteiger partial charge in [0.15, 0.2) is 0 Å². The lowest BCUT2D eigenvalue weighted by Gasteiger charge is -2.37. The number of fused-ring (bicyclic) bond motifs is 1. The van der Waals surface area contributed by atoms with E-state index in [1.165, 1.54) is 24.0 Å². The number of carboxylic acid groups (broad SMARTS) is 1. The van der Waals surface area contributed by atoms with E-state index in [2.05, 4.69) is 9.88 Å². The molecule has 1 unspecified atom stereocenters. The fourth-order valence-corrected chi connectivity index (χ4v) is 6.17. The lowest BCUT2D eigenvalue weighted by Crippen LogP contribution is -2.44. The Kier molecular flexibility index (Phi) is 9.23. The number of pyridine rings is 1. The first-order valence-electron chi connectivity index (χ1n) is 12.1. The first kappa shape index (κ1) is 27.6. The number of piperidine rings is 1. The predicted octanol–water partition coefficient (Wildman–Crippen LogP) is 5.80. The topological polar surface area (TPSA) is 82.9 Å². The molecule has 2 N–H and O–H groups in total. The van der Waals surface area contributed by atoms with Crippen LogP contribution in [0, 0.1) is 23.5 Å². The zero-order chi connectivity index (χ0) is 26.5. The van der Waals surface area contributed by atoms with Crippen molar-refractivity contribution in [1.82, 2.24) is 9.88 Å². The number of methoxy groups -OCH3 is 1. The van der Waals surface area contributed by atoms with Crippen LogP contribution >= 0.6 is 23.4 Å². The fraction of sp³-hybridized carbons (Fsp3) is 0.407. The van der Waals surface area contributed by atoms with E-state index in [9.17, 15) is 23.8 Å². The van der Waals surface area contributed by atoms with E-state index in [-0.39, 0.29) is 10.8 Å². The van der Waals surface area contributed by atoms with E-state index < -0.39 is 29.6 Å². The number of thioether (sulfide) groups is 1. The summed E-state index contributed by atoms with van der Waals surface area (Å²) in [4.78, 5) is 18.7. The van der Waals surface area contributed by atoms with Crippen LogP contribution in [0.25, 0.3) is 10.9 Å². The first-order valence-corrected chi connectivity index (χ1v) is 13.5. The van der Waals surface area contributed by atoms with Gasteiger partial charge in [0.1, 0.15) is 17.4 Å². The normalized spacial score (nSPS) is 19.2. The average molecular weight is 551 g/mol. The van der Waals surface area contributed by atoms with E-state index >= 15 is 0 Å². The van der Waals surface area contributed by atoms with E-state index in [0.29, 0.717) is 71.9 Å². The zero-order valence-corrected chi connectivity index (χ0v) is 21.9. The molecule has 37 heavy (non-hydrogen) atoms. The molecule has 0 amide bonds. The lowest BCUT2D eigenvalue weighted by atomic mass is 9.81. The number of hydrogen-bond donors (Lipinski definition) is 2. The molecule has 1 saturated heterocycles. The van der Waals surface area contributed by atoms with Crippen LogP contribution in [0.5, 0.6) is 5.75 Å². The van der Waals surface area contributed by atoms with Gasteiger partial charge in [-0.2, -0.15) is 0 Å². The van der Waals surface area contributed by atoms with Crippen LogP contribution in [0.1, 0.15) is 30.9 Å². The summed E-state index contributed by atoms with van der Waals surface area (Å²) in [6, 6.07) is 8.75. The van der Waals surface area contributed by atoms with Crippen LogP contribution in [-0.4, -0.2) is 58.6 Å². The van der Waals surface area contributed by atoms with Crippen molar-refractivity contribution >= 4 is 40.2 Å². The number of benzene rings is 2. The van der Waals surface area contributed by atoms with E-state index in [1.807, 2.05) is 0 Å². The highest BCUT2D eigenvalue weighted by Crippen LogP contribution is 2.37. The number of ether oxygens (including phenoxy) is 1. The quantitative estimate of drug-likeness (QED) is 0.308. The monoisotopic (exact) mass is 550 g/mol. The van der Waals surface area contributed by atoms with Crippen molar-refractivity contribution in [2.45, 2.75) is 30.3 Å². The number of aromatic nitrogens is 1. The molecule has 198 valence electrons. The molecule has 1 aromatic heterocycles. The van der Waals surface area contributed by atoms with Gasteiger partial charge in [0.25, 0.3) is 0 Å². The molecule has 6 nitrogen and oxygen atoms in total. The summed E-state index contributed by atoms with van der Waals surface area (Å²) >= 11 is 7.63. The predicted molar refractivity (Wildman–Crippen MR) is 140 cm³/mol. The van der Waals surface area contributed by atoms with Crippen LogP contribution in [0.15, 0.2) is 47.5 Å². The number of halogens is 3. The summed E-state index contributed by atoms with van der Waals surface area (Å²) in [6.07, 6.45) is 2.19. The number of rotatable bonds is 10. The third-order valence-electron chi connectivity index (χ3n) is 6.93. The van der Waals surface area contributed by atoms with Gasteiger partial charge in [-0.1, -0.05) is 11.6 Å². The van der Waals surface area contributed by atoms with Gasteiger partial charge in [0.2, 0.25) is 0 Å². The average Bonchev–Trinajstić information content (AvgIpc) is 2.89. The molecule has 0 bridgehead atoms. The summed E-state index contributed by atoms with van der Waals surface area (Å²) in [7, 11) is 1.56. The van der Waals surface area contributed by atoms with Gasteiger partial charge in [-0.3, -0.25) is 9.78 Å². The highest BCUT2D eigenvalue weighted by atomic mass is 35.5. The van der Waals surface area contributed by atoms with Gasteiger partial charge in [-0.05, 0) is 68.1 Å². The van der Waals surface area contributed by atoms with Gasteiger partial charge < -0.3 is 19.8 Å². The maximum atomic E-state index is 13.9. The minimum Gasteiger partial charge on any atom is -0.497 e. The molecule has 0 aliphatic carbocycles. The molecule has 0 radical (unpaired) electrons. The molecular formula is C27H29ClF2N2O4S. The Morgan fingerprint density at radius 3 is 2.86 bits per heavy atom. The maximum absolute atomic E-state index is 13.9. The second-order valence-electron chi connectivity index (χ2n) is 9.21. The molecule has 1 aliphatic rings. The Hall–Kier alpha value is -2.46. The Labute approximate surface area is 223 Å². The number of nitrogens with zero attached hydrogens (tertiary/aromatic N) is 2. The second kappa shape index (κ2) is 12.4. The van der Waals surface area contributed by atoms with E-state index in [0.717, 1.165) is 12.1 Å². The molecule has 2 aromatic carbocycles. The second-order valence-corrected chi connectivity index (χ2v) is 10.8. The van der Waals surface area contributed by atoms with Crippen molar-refractivity contribution in [3.8, 4) is 5.75 Å². The van der Waals surface area contributed by atoms with Crippen LogP contribution in [0.2, 0.25) is 5.02 Å². The van der Waals surface area contributed by atoms with Crippen LogP contribution in [-0.2, 0) is 4.79 Å². The lowest BCUT2D eigenvalue weighted by molar-refractivity contribution is -0.146. The Morgan fingerprint density at radius 2 is 2.11 bits per heavy atom. The number of aliphatic hydroxyl groups excluding tert-OH is 1. The summed E-state index contributed by atoms with van der Waals surface area (Å²) in [6.45, 7) is 1.64.